The van der Waals surface area contributed by atoms with Crippen LogP contribution in [0.2, 0.25) is 0 Å². The quantitative estimate of drug-likeness (QED) is 0.414. The average Bonchev–Trinajstić information content (AvgIpc) is 3.51. The first-order chi connectivity index (χ1) is 18.3. The van der Waals surface area contributed by atoms with Gasteiger partial charge in [-0.3, -0.25) is 9.48 Å². The molecule has 4 heterocycles. The predicted molar refractivity (Wildman–Crippen MR) is 142 cm³/mol. The number of halogens is 1. The zero-order chi connectivity index (χ0) is 26.4. The average molecular weight is 520 g/mol. The van der Waals surface area contributed by atoms with Crippen LogP contribution in [-0.2, 0) is 11.8 Å². The van der Waals surface area contributed by atoms with Crippen LogP contribution in [0.4, 0.5) is 15.8 Å². The minimum absolute atomic E-state index is 0.128. The first kappa shape index (κ1) is 24.5. The number of nitrogens with zero attached hydrogens (tertiary/aromatic N) is 5. The van der Waals surface area contributed by atoms with Crippen molar-refractivity contribution in [3.63, 3.8) is 0 Å². The second-order valence-electron chi connectivity index (χ2n) is 10.2. The van der Waals surface area contributed by atoms with E-state index >= 15 is 0 Å². The monoisotopic (exact) mass is 519 g/mol. The molecule has 2 saturated heterocycles. The fraction of sp³-hybridized carbons (Fsp3) is 0.407. The standard InChI is InChI=1S/C27H30FN7O3/c1-15-11-35(12-16(2)30-15)23-5-4-20(25-21(23)10-29-27(32-25)38-19-6-7-37-14-19)26(36)31-18-8-17-13-34(3)33-24(17)22(28)9-18/h4-5,8-10,13,15-16,19,30H,6-7,11-12,14H2,1-3H3,(H,31,36)/t15-,16-,19-/m0/s1. The van der Waals surface area contributed by atoms with Crippen molar-refractivity contribution >= 4 is 39.1 Å². The summed E-state index contributed by atoms with van der Waals surface area (Å²) in [6.45, 7) is 7.04. The van der Waals surface area contributed by atoms with Gasteiger partial charge in [0.05, 0.1) is 24.3 Å². The number of ether oxygens (including phenoxy) is 2. The molecule has 4 aromatic rings. The number of aromatic nitrogens is 4. The Morgan fingerprint density at radius 1 is 1.21 bits per heavy atom. The van der Waals surface area contributed by atoms with Gasteiger partial charge >= 0.3 is 6.01 Å². The van der Waals surface area contributed by atoms with Crippen LogP contribution < -0.4 is 20.3 Å². The van der Waals surface area contributed by atoms with Gasteiger partial charge in [-0.15, -0.1) is 0 Å². The number of fused-ring (bicyclic) bond motifs is 2. The molecule has 38 heavy (non-hydrogen) atoms. The molecule has 1 amide bonds. The molecule has 0 unspecified atom stereocenters. The van der Waals surface area contributed by atoms with E-state index in [0.717, 1.165) is 30.6 Å². The van der Waals surface area contributed by atoms with E-state index in [-0.39, 0.29) is 17.6 Å². The van der Waals surface area contributed by atoms with Crippen molar-refractivity contribution in [3.05, 3.63) is 48.0 Å². The van der Waals surface area contributed by atoms with Crippen molar-refractivity contribution in [3.8, 4) is 6.01 Å². The number of carbonyl (C=O) groups excluding carboxylic acids is 1. The summed E-state index contributed by atoms with van der Waals surface area (Å²) < 4.78 is 27.6. The number of benzene rings is 2. The van der Waals surface area contributed by atoms with E-state index in [1.165, 1.54) is 10.7 Å². The topological polar surface area (TPSA) is 106 Å². The highest BCUT2D eigenvalue weighted by atomic mass is 19.1. The summed E-state index contributed by atoms with van der Waals surface area (Å²) in [6.07, 6.45) is 4.06. The molecule has 11 heteroatoms. The normalized spacial score (nSPS) is 21.8. The molecule has 2 fully saturated rings. The number of hydrogen-bond donors (Lipinski definition) is 2. The second-order valence-corrected chi connectivity index (χ2v) is 10.2. The van der Waals surface area contributed by atoms with E-state index in [1.807, 2.05) is 6.07 Å². The molecule has 2 aliphatic rings. The van der Waals surface area contributed by atoms with Gasteiger partial charge in [0, 0.05) is 73.2 Å². The minimum Gasteiger partial charge on any atom is -0.458 e. The van der Waals surface area contributed by atoms with Crippen molar-refractivity contribution in [2.24, 2.45) is 7.05 Å². The number of amides is 1. The van der Waals surface area contributed by atoms with Crippen LogP contribution in [0.3, 0.4) is 0 Å². The molecule has 10 nitrogen and oxygen atoms in total. The van der Waals surface area contributed by atoms with Crippen LogP contribution >= 0.6 is 0 Å². The van der Waals surface area contributed by atoms with Crippen LogP contribution in [0, 0.1) is 5.82 Å². The number of aryl methyl sites for hydroxylation is 1. The molecular formula is C27H30FN7O3. The summed E-state index contributed by atoms with van der Waals surface area (Å²) in [4.78, 5) is 25.0. The molecule has 2 aliphatic heterocycles. The lowest BCUT2D eigenvalue weighted by Crippen LogP contribution is -2.54. The van der Waals surface area contributed by atoms with Gasteiger partial charge in [-0.25, -0.2) is 9.37 Å². The van der Waals surface area contributed by atoms with Gasteiger partial charge in [-0.05, 0) is 38.1 Å². The second kappa shape index (κ2) is 9.80. The summed E-state index contributed by atoms with van der Waals surface area (Å²) in [5.74, 6) is -0.905. The molecule has 198 valence electrons. The molecule has 3 atom stereocenters. The Bertz CT molecular complexity index is 1510. The van der Waals surface area contributed by atoms with Gasteiger partial charge < -0.3 is 25.0 Å². The van der Waals surface area contributed by atoms with E-state index in [2.05, 4.69) is 44.4 Å². The maximum Gasteiger partial charge on any atom is 0.317 e. The lowest BCUT2D eigenvalue weighted by Gasteiger charge is -2.38. The van der Waals surface area contributed by atoms with E-state index in [1.54, 1.807) is 31.6 Å². The van der Waals surface area contributed by atoms with E-state index in [9.17, 15) is 9.18 Å². The molecule has 6 rings (SSSR count). The van der Waals surface area contributed by atoms with Crippen molar-refractivity contribution < 1.29 is 18.7 Å². The number of nitrogens with one attached hydrogen (secondary N) is 2. The first-order valence-corrected chi connectivity index (χ1v) is 12.8. The van der Waals surface area contributed by atoms with Gasteiger partial charge in [-0.2, -0.15) is 10.1 Å². The Labute approximate surface area is 219 Å². The summed E-state index contributed by atoms with van der Waals surface area (Å²) in [5, 5.41) is 11.9. The highest BCUT2D eigenvalue weighted by molar-refractivity contribution is 6.14. The highest BCUT2D eigenvalue weighted by Gasteiger charge is 2.26. The number of carbonyl (C=O) groups is 1. The number of piperazine rings is 1. The van der Waals surface area contributed by atoms with Crippen LogP contribution in [0.25, 0.3) is 21.8 Å². The lowest BCUT2D eigenvalue weighted by molar-refractivity contribution is 0.102. The smallest absolute Gasteiger partial charge is 0.317 e. The SMILES string of the molecule is C[C@H]1CN(c2ccc(C(=O)Nc3cc(F)c4nn(C)cc4c3)c3nc(O[C@H]4CCOC4)ncc23)C[C@H](C)N1. The largest absolute Gasteiger partial charge is 0.458 e. The Morgan fingerprint density at radius 2 is 2.03 bits per heavy atom. The van der Waals surface area contributed by atoms with Crippen LogP contribution in [0.1, 0.15) is 30.6 Å². The van der Waals surface area contributed by atoms with E-state index in [0.29, 0.717) is 47.5 Å². The summed E-state index contributed by atoms with van der Waals surface area (Å²) in [7, 11) is 1.72. The molecule has 0 aliphatic carbocycles. The van der Waals surface area contributed by atoms with Gasteiger partial charge in [0.25, 0.3) is 5.91 Å². The lowest BCUT2D eigenvalue weighted by atomic mass is 10.0. The molecule has 0 radical (unpaired) electrons. The maximum absolute atomic E-state index is 14.6. The molecule has 0 saturated carbocycles. The third-order valence-electron chi connectivity index (χ3n) is 6.94. The molecule has 2 aromatic carbocycles. The van der Waals surface area contributed by atoms with Gasteiger partial charge in [0.1, 0.15) is 11.6 Å². The molecule has 2 aromatic heterocycles. The van der Waals surface area contributed by atoms with Crippen molar-refractivity contribution in [1.82, 2.24) is 25.1 Å². The molecule has 0 spiro atoms. The molecular weight excluding hydrogens is 489 g/mol. The highest BCUT2D eigenvalue weighted by Crippen LogP contribution is 2.32. The Balaban J connectivity index is 1.38. The minimum atomic E-state index is -0.502. The zero-order valence-corrected chi connectivity index (χ0v) is 21.6. The van der Waals surface area contributed by atoms with E-state index < -0.39 is 11.7 Å². The maximum atomic E-state index is 14.6. The number of anilines is 2. The van der Waals surface area contributed by atoms with Gasteiger partial charge in [0.15, 0.2) is 5.82 Å². The van der Waals surface area contributed by atoms with Crippen LogP contribution in [0.15, 0.2) is 36.7 Å². The third kappa shape index (κ3) is 4.74. The Kier molecular flexibility index (Phi) is 6.32. The molecule has 0 bridgehead atoms. The van der Waals surface area contributed by atoms with Crippen molar-refractivity contribution in [2.75, 3.05) is 36.5 Å². The summed E-state index contributed by atoms with van der Waals surface area (Å²) >= 11 is 0. The zero-order valence-electron chi connectivity index (χ0n) is 21.6. The fourth-order valence-corrected chi connectivity index (χ4v) is 5.37. The third-order valence-corrected chi connectivity index (χ3v) is 6.94. The van der Waals surface area contributed by atoms with Gasteiger partial charge in [0.2, 0.25) is 0 Å². The Hall–Kier alpha value is -3.83. The summed E-state index contributed by atoms with van der Waals surface area (Å²) in [5.41, 5.74) is 2.37. The fourth-order valence-electron chi connectivity index (χ4n) is 5.37. The Morgan fingerprint density at radius 3 is 2.79 bits per heavy atom. The molecule has 2 N–H and O–H groups in total. The van der Waals surface area contributed by atoms with Crippen LogP contribution in [0.5, 0.6) is 6.01 Å². The van der Waals surface area contributed by atoms with Crippen molar-refractivity contribution in [1.29, 1.82) is 0 Å². The van der Waals surface area contributed by atoms with Crippen molar-refractivity contribution in [2.45, 2.75) is 38.5 Å². The summed E-state index contributed by atoms with van der Waals surface area (Å²) in [6, 6.07) is 7.48. The van der Waals surface area contributed by atoms with Gasteiger partial charge in [-0.1, -0.05) is 0 Å². The van der Waals surface area contributed by atoms with Crippen LogP contribution in [-0.4, -0.2) is 70.1 Å². The number of rotatable bonds is 5. The first-order valence-electron chi connectivity index (χ1n) is 12.8. The predicted octanol–water partition coefficient (Wildman–Crippen LogP) is 3.26. The number of hydrogen-bond acceptors (Lipinski definition) is 8. The van der Waals surface area contributed by atoms with E-state index in [4.69, 9.17) is 9.47 Å².